The van der Waals surface area contributed by atoms with Crippen LogP contribution in [0.4, 0.5) is 4.79 Å². The Morgan fingerprint density at radius 3 is 2.88 bits per heavy atom. The quantitative estimate of drug-likeness (QED) is 0.910. The number of nitrogens with one attached hydrogen (secondary N) is 1. The van der Waals surface area contributed by atoms with E-state index in [2.05, 4.69) is 21.2 Å². The second-order valence-corrected chi connectivity index (χ2v) is 4.37. The van der Waals surface area contributed by atoms with Crippen LogP contribution >= 0.6 is 28.3 Å². The zero-order valence-electron chi connectivity index (χ0n) is 9.23. The SMILES string of the molecule is COc1ccc([C@H]2CCOC(=O)N2)cc1Br.Cl. The van der Waals surface area contributed by atoms with Crippen LogP contribution in [0.25, 0.3) is 0 Å². The summed E-state index contributed by atoms with van der Waals surface area (Å²) in [5.74, 6) is 0.780. The van der Waals surface area contributed by atoms with Gasteiger partial charge in [-0.2, -0.15) is 0 Å². The fourth-order valence-corrected chi connectivity index (χ4v) is 2.23. The molecule has 0 saturated carbocycles. The van der Waals surface area contributed by atoms with E-state index in [-0.39, 0.29) is 24.5 Å². The van der Waals surface area contributed by atoms with Crippen molar-refractivity contribution in [3.63, 3.8) is 0 Å². The van der Waals surface area contributed by atoms with Gasteiger partial charge in [0, 0.05) is 6.42 Å². The third-order valence-corrected chi connectivity index (χ3v) is 3.13. The summed E-state index contributed by atoms with van der Waals surface area (Å²) >= 11 is 3.42. The fourth-order valence-electron chi connectivity index (χ4n) is 1.67. The lowest BCUT2D eigenvalue weighted by Gasteiger charge is -2.24. The number of benzene rings is 1. The third-order valence-electron chi connectivity index (χ3n) is 2.51. The molecule has 0 aliphatic carbocycles. The third kappa shape index (κ3) is 3.26. The van der Waals surface area contributed by atoms with Crippen LogP contribution < -0.4 is 10.1 Å². The highest BCUT2D eigenvalue weighted by atomic mass is 79.9. The van der Waals surface area contributed by atoms with Gasteiger partial charge >= 0.3 is 6.09 Å². The van der Waals surface area contributed by atoms with Crippen molar-refractivity contribution in [1.82, 2.24) is 5.32 Å². The van der Waals surface area contributed by atoms with Crippen LogP contribution in [-0.2, 0) is 4.74 Å². The summed E-state index contributed by atoms with van der Waals surface area (Å²) in [6.45, 7) is 0.458. The van der Waals surface area contributed by atoms with E-state index in [0.29, 0.717) is 6.61 Å². The lowest BCUT2D eigenvalue weighted by Crippen LogP contribution is -2.35. The van der Waals surface area contributed by atoms with Gasteiger partial charge in [0.05, 0.1) is 24.2 Å². The first-order chi connectivity index (χ1) is 7.70. The first-order valence-corrected chi connectivity index (χ1v) is 5.76. The highest BCUT2D eigenvalue weighted by Gasteiger charge is 2.21. The number of cyclic esters (lactones) is 1. The maximum Gasteiger partial charge on any atom is 0.407 e. The predicted octanol–water partition coefficient (Wildman–Crippen LogP) is 3.05. The normalized spacial score (nSPS) is 18.7. The maximum absolute atomic E-state index is 11.1. The molecule has 4 nitrogen and oxygen atoms in total. The van der Waals surface area contributed by atoms with Gasteiger partial charge in [0.1, 0.15) is 5.75 Å². The van der Waals surface area contributed by atoms with Crippen LogP contribution in [0.15, 0.2) is 22.7 Å². The predicted molar refractivity (Wildman–Crippen MR) is 69.8 cm³/mol. The molecule has 1 aromatic rings. The number of rotatable bonds is 2. The Labute approximate surface area is 114 Å². The first-order valence-electron chi connectivity index (χ1n) is 4.97. The molecule has 1 heterocycles. The Hall–Kier alpha value is -0.940. The average molecular weight is 323 g/mol. The topological polar surface area (TPSA) is 47.6 Å². The second-order valence-electron chi connectivity index (χ2n) is 3.52. The lowest BCUT2D eigenvalue weighted by molar-refractivity contribution is 0.115. The van der Waals surface area contributed by atoms with E-state index in [1.807, 2.05) is 18.2 Å². The summed E-state index contributed by atoms with van der Waals surface area (Å²) in [5.41, 5.74) is 1.05. The maximum atomic E-state index is 11.1. The summed E-state index contributed by atoms with van der Waals surface area (Å²) in [7, 11) is 1.62. The van der Waals surface area contributed by atoms with Gasteiger partial charge < -0.3 is 14.8 Å². The highest BCUT2D eigenvalue weighted by Crippen LogP contribution is 2.29. The number of hydrogen-bond donors (Lipinski definition) is 1. The van der Waals surface area contributed by atoms with Crippen molar-refractivity contribution in [2.45, 2.75) is 12.5 Å². The zero-order chi connectivity index (χ0) is 11.5. The summed E-state index contributed by atoms with van der Waals surface area (Å²) in [6.07, 6.45) is 0.424. The van der Waals surface area contributed by atoms with E-state index in [4.69, 9.17) is 9.47 Å². The number of amides is 1. The van der Waals surface area contributed by atoms with E-state index in [1.165, 1.54) is 0 Å². The molecular formula is C11H13BrClNO3. The number of hydrogen-bond acceptors (Lipinski definition) is 3. The minimum Gasteiger partial charge on any atom is -0.496 e. The summed E-state index contributed by atoms with van der Waals surface area (Å²) in [6, 6.07) is 5.79. The van der Waals surface area contributed by atoms with Crippen molar-refractivity contribution in [2.24, 2.45) is 0 Å². The monoisotopic (exact) mass is 321 g/mol. The minimum absolute atomic E-state index is 0. The molecule has 17 heavy (non-hydrogen) atoms. The van der Waals surface area contributed by atoms with Crippen LogP contribution in [0.5, 0.6) is 5.75 Å². The number of ether oxygens (including phenoxy) is 2. The molecule has 0 bridgehead atoms. The summed E-state index contributed by atoms with van der Waals surface area (Å²) in [4.78, 5) is 11.1. The molecule has 1 aliphatic heterocycles. The first kappa shape index (κ1) is 14.1. The number of carbonyl (C=O) groups excluding carboxylic acids is 1. The second kappa shape index (κ2) is 6.12. The van der Waals surface area contributed by atoms with Gasteiger partial charge in [-0.1, -0.05) is 6.07 Å². The lowest BCUT2D eigenvalue weighted by atomic mass is 10.0. The molecule has 0 radical (unpaired) electrons. The molecule has 0 unspecified atom stereocenters. The van der Waals surface area contributed by atoms with E-state index in [1.54, 1.807) is 7.11 Å². The Kier molecular flexibility index (Phi) is 5.08. The molecular weight excluding hydrogens is 309 g/mol. The molecule has 0 spiro atoms. The molecule has 1 saturated heterocycles. The van der Waals surface area contributed by atoms with Crippen LogP contribution in [0, 0.1) is 0 Å². The van der Waals surface area contributed by atoms with Gasteiger partial charge in [-0.05, 0) is 33.6 Å². The fraction of sp³-hybridized carbons (Fsp3) is 0.364. The molecule has 1 fully saturated rings. The van der Waals surface area contributed by atoms with Gasteiger partial charge in [-0.25, -0.2) is 4.79 Å². The van der Waals surface area contributed by atoms with Gasteiger partial charge in [0.2, 0.25) is 0 Å². The van der Waals surface area contributed by atoms with Gasteiger partial charge in [-0.3, -0.25) is 0 Å². The molecule has 1 aromatic carbocycles. The Morgan fingerprint density at radius 2 is 2.29 bits per heavy atom. The molecule has 94 valence electrons. The molecule has 6 heteroatoms. The van der Waals surface area contributed by atoms with Crippen molar-refractivity contribution in [3.8, 4) is 5.75 Å². The van der Waals surface area contributed by atoms with Crippen molar-refractivity contribution in [2.75, 3.05) is 13.7 Å². The average Bonchev–Trinajstić information content (AvgIpc) is 2.29. The zero-order valence-corrected chi connectivity index (χ0v) is 11.6. The molecule has 1 amide bonds. The summed E-state index contributed by atoms with van der Waals surface area (Å²) in [5, 5.41) is 2.77. The van der Waals surface area contributed by atoms with Crippen LogP contribution in [0.1, 0.15) is 18.0 Å². The van der Waals surface area contributed by atoms with Crippen molar-refractivity contribution < 1.29 is 14.3 Å². The Morgan fingerprint density at radius 1 is 1.53 bits per heavy atom. The smallest absolute Gasteiger partial charge is 0.407 e. The van der Waals surface area contributed by atoms with E-state index in [9.17, 15) is 4.79 Å². The van der Waals surface area contributed by atoms with Gasteiger partial charge in [0.15, 0.2) is 0 Å². The Bertz CT molecular complexity index is 414. The molecule has 1 N–H and O–H groups in total. The Balaban J connectivity index is 0.00000144. The number of carbonyl (C=O) groups is 1. The van der Waals surface area contributed by atoms with E-state index in [0.717, 1.165) is 22.2 Å². The van der Waals surface area contributed by atoms with E-state index < -0.39 is 0 Å². The summed E-state index contributed by atoms with van der Waals surface area (Å²) < 4.78 is 10.9. The largest absolute Gasteiger partial charge is 0.496 e. The minimum atomic E-state index is -0.358. The molecule has 1 aliphatic rings. The van der Waals surface area contributed by atoms with Crippen molar-refractivity contribution in [3.05, 3.63) is 28.2 Å². The van der Waals surface area contributed by atoms with Crippen molar-refractivity contribution >= 4 is 34.4 Å². The molecule has 0 aromatic heterocycles. The van der Waals surface area contributed by atoms with Gasteiger partial charge in [-0.15, -0.1) is 12.4 Å². The van der Waals surface area contributed by atoms with E-state index >= 15 is 0 Å². The number of halogens is 2. The van der Waals surface area contributed by atoms with Gasteiger partial charge in [0.25, 0.3) is 0 Å². The number of methoxy groups -OCH3 is 1. The van der Waals surface area contributed by atoms with Crippen LogP contribution in [0.3, 0.4) is 0 Å². The molecule has 2 rings (SSSR count). The molecule has 1 atom stereocenters. The highest BCUT2D eigenvalue weighted by molar-refractivity contribution is 9.10. The van der Waals surface area contributed by atoms with Crippen LogP contribution in [0.2, 0.25) is 0 Å². The van der Waals surface area contributed by atoms with Crippen LogP contribution in [-0.4, -0.2) is 19.8 Å². The number of alkyl carbamates (subject to hydrolysis) is 1. The van der Waals surface area contributed by atoms with Crippen molar-refractivity contribution in [1.29, 1.82) is 0 Å². The standard InChI is InChI=1S/C11H12BrNO3.ClH/c1-15-10-3-2-7(6-8(10)12)9-4-5-16-11(14)13-9;/h2-3,6,9H,4-5H2,1H3,(H,13,14);1H/t9-;/m1./s1.